The van der Waals surface area contributed by atoms with Crippen LogP contribution in [0.15, 0.2) is 85.1 Å². The van der Waals surface area contributed by atoms with Crippen LogP contribution in [0.5, 0.6) is 0 Å². The minimum absolute atomic E-state index is 0.0485. The summed E-state index contributed by atoms with van der Waals surface area (Å²) >= 11 is 0. The zero-order chi connectivity index (χ0) is 42.8. The van der Waals surface area contributed by atoms with Crippen LogP contribution in [0.3, 0.4) is 0 Å². The van der Waals surface area contributed by atoms with Gasteiger partial charge in [0, 0.05) is 12.8 Å². The van der Waals surface area contributed by atoms with Crippen molar-refractivity contribution >= 4 is 19.8 Å². The third kappa shape index (κ3) is 42.8. The first-order chi connectivity index (χ1) is 28.0. The molecule has 0 saturated carbocycles. The lowest BCUT2D eigenvalue weighted by molar-refractivity contribution is -0.870. The third-order valence-electron chi connectivity index (χ3n) is 8.89. The maximum absolute atomic E-state index is 12.7. The number of nitrogens with zero attached hydrogens (tertiary/aromatic N) is 1. The first-order valence-corrected chi connectivity index (χ1v) is 23.8. The van der Waals surface area contributed by atoms with Gasteiger partial charge in [0.1, 0.15) is 19.8 Å². The molecular weight excluding hydrogens is 750 g/mol. The van der Waals surface area contributed by atoms with Crippen LogP contribution in [0.2, 0.25) is 0 Å². The SMILES string of the molecule is CCCCC/C=C/C/C=C/C/C=C/C/C=C/CCCC(=O)OC[C@H](COP(=O)([O-])OCC[N+](C)(C)C)OC(=O)CCCCCC/C=C/C/C=C/C/C=C/CCCCC. The van der Waals surface area contributed by atoms with Crippen LogP contribution in [0.25, 0.3) is 0 Å². The first-order valence-electron chi connectivity index (χ1n) is 22.3. The van der Waals surface area contributed by atoms with Gasteiger partial charge in [0.2, 0.25) is 0 Å². The number of phosphoric acid groups is 1. The van der Waals surface area contributed by atoms with E-state index in [0.29, 0.717) is 23.9 Å². The van der Waals surface area contributed by atoms with Crippen LogP contribution >= 0.6 is 7.82 Å². The van der Waals surface area contributed by atoms with Crippen molar-refractivity contribution in [2.24, 2.45) is 0 Å². The largest absolute Gasteiger partial charge is 0.756 e. The van der Waals surface area contributed by atoms with Gasteiger partial charge in [-0.05, 0) is 89.9 Å². The average Bonchev–Trinajstić information content (AvgIpc) is 3.17. The van der Waals surface area contributed by atoms with Crippen molar-refractivity contribution in [3.63, 3.8) is 0 Å². The van der Waals surface area contributed by atoms with Crippen molar-refractivity contribution < 1.29 is 42.1 Å². The van der Waals surface area contributed by atoms with Crippen LogP contribution in [0.4, 0.5) is 0 Å². The molecular formula is C48H82NO8P. The fourth-order valence-corrected chi connectivity index (χ4v) is 6.09. The summed E-state index contributed by atoms with van der Waals surface area (Å²) in [4.78, 5) is 37.5. The molecule has 0 radical (unpaired) electrons. The molecule has 0 bridgehead atoms. The fourth-order valence-electron chi connectivity index (χ4n) is 5.36. The van der Waals surface area contributed by atoms with E-state index in [1.165, 1.54) is 51.4 Å². The lowest BCUT2D eigenvalue weighted by Gasteiger charge is -2.28. The second-order valence-corrected chi connectivity index (χ2v) is 17.1. The predicted molar refractivity (Wildman–Crippen MR) is 240 cm³/mol. The van der Waals surface area contributed by atoms with Crippen LogP contribution in [0.1, 0.15) is 155 Å². The zero-order valence-electron chi connectivity index (χ0n) is 37.2. The van der Waals surface area contributed by atoms with Crippen LogP contribution in [-0.2, 0) is 32.7 Å². The highest BCUT2D eigenvalue weighted by molar-refractivity contribution is 7.45. The number of phosphoric ester groups is 1. The average molecular weight is 832 g/mol. The normalized spacial score (nSPS) is 14.4. The molecule has 0 spiro atoms. The highest BCUT2D eigenvalue weighted by Crippen LogP contribution is 2.38. The molecule has 10 heteroatoms. The van der Waals surface area contributed by atoms with Gasteiger partial charge in [-0.25, -0.2) is 0 Å². The molecule has 0 aliphatic heterocycles. The number of unbranched alkanes of at least 4 members (excludes halogenated alkanes) is 11. The third-order valence-corrected chi connectivity index (χ3v) is 9.85. The quantitative estimate of drug-likeness (QED) is 0.0198. The molecule has 0 aliphatic carbocycles. The smallest absolute Gasteiger partial charge is 0.306 e. The zero-order valence-corrected chi connectivity index (χ0v) is 38.1. The van der Waals surface area contributed by atoms with E-state index in [1.54, 1.807) is 0 Å². The number of esters is 2. The van der Waals surface area contributed by atoms with Crippen molar-refractivity contribution in [3.05, 3.63) is 85.1 Å². The molecule has 0 aliphatic rings. The summed E-state index contributed by atoms with van der Waals surface area (Å²) in [5.74, 6) is -0.934. The Morgan fingerprint density at radius 2 is 0.948 bits per heavy atom. The van der Waals surface area contributed by atoms with E-state index >= 15 is 0 Å². The Balaban J connectivity index is 4.51. The summed E-state index contributed by atoms with van der Waals surface area (Å²) in [5.41, 5.74) is 0. The Morgan fingerprint density at radius 3 is 1.41 bits per heavy atom. The number of likely N-dealkylation sites (N-methyl/N-ethyl adjacent to an activating group) is 1. The van der Waals surface area contributed by atoms with Gasteiger partial charge in [0.05, 0.1) is 27.7 Å². The lowest BCUT2D eigenvalue weighted by Crippen LogP contribution is -2.37. The summed E-state index contributed by atoms with van der Waals surface area (Å²) in [7, 11) is 1.11. The van der Waals surface area contributed by atoms with Gasteiger partial charge in [0.15, 0.2) is 6.10 Å². The molecule has 1 unspecified atom stereocenters. The molecule has 0 rings (SSSR count). The predicted octanol–water partition coefficient (Wildman–Crippen LogP) is 12.2. The van der Waals surface area contributed by atoms with Crippen molar-refractivity contribution in [2.45, 2.75) is 161 Å². The number of quaternary nitrogens is 1. The molecule has 0 amide bonds. The molecule has 0 aromatic rings. The summed E-state index contributed by atoms with van der Waals surface area (Å²) in [6.07, 6.45) is 50.4. The molecule has 0 heterocycles. The summed E-state index contributed by atoms with van der Waals surface area (Å²) < 4.78 is 33.8. The Labute approximate surface area is 354 Å². The number of rotatable bonds is 39. The van der Waals surface area contributed by atoms with Gasteiger partial charge in [-0.2, -0.15) is 0 Å². The maximum Gasteiger partial charge on any atom is 0.306 e. The topological polar surface area (TPSA) is 111 Å². The highest BCUT2D eigenvalue weighted by atomic mass is 31.2. The second kappa shape index (κ2) is 39.6. The standard InChI is InChI=1S/C48H82NO8P/c1-6-8-10-12-14-16-18-20-22-24-26-28-30-32-34-36-38-40-47(50)54-44-46(45-56-58(52,53)55-43-42-49(3,4)5)57-48(51)41-39-37-35-33-31-29-27-25-23-21-19-17-15-13-11-9-7-2/h14-17,20-23,26-29,32,34,46H,6-13,18-19,24-25,30-31,33,35-45H2,1-5H3/b16-14+,17-15+,22-20+,23-21+,28-26+,29-27+,34-32+/t46-/m1/s1. The highest BCUT2D eigenvalue weighted by Gasteiger charge is 2.21. The number of hydrogen-bond acceptors (Lipinski definition) is 8. The van der Waals surface area contributed by atoms with Crippen LogP contribution in [0, 0.1) is 0 Å². The molecule has 0 aromatic carbocycles. The van der Waals surface area contributed by atoms with Gasteiger partial charge in [-0.15, -0.1) is 0 Å². The van der Waals surface area contributed by atoms with Gasteiger partial charge in [0.25, 0.3) is 7.82 Å². The van der Waals surface area contributed by atoms with E-state index in [9.17, 15) is 19.0 Å². The van der Waals surface area contributed by atoms with E-state index in [2.05, 4.69) is 92.8 Å². The number of ether oxygens (including phenoxy) is 2. The lowest BCUT2D eigenvalue weighted by atomic mass is 10.1. The molecule has 58 heavy (non-hydrogen) atoms. The first kappa shape index (κ1) is 55.2. The number of hydrogen-bond donors (Lipinski definition) is 0. The van der Waals surface area contributed by atoms with E-state index in [-0.39, 0.29) is 26.1 Å². The van der Waals surface area contributed by atoms with Gasteiger partial charge >= 0.3 is 11.9 Å². The molecule has 0 fully saturated rings. The van der Waals surface area contributed by atoms with Crippen molar-refractivity contribution in [1.82, 2.24) is 0 Å². The van der Waals surface area contributed by atoms with Gasteiger partial charge in [-0.3, -0.25) is 14.2 Å². The molecule has 9 nitrogen and oxygen atoms in total. The summed E-state index contributed by atoms with van der Waals surface area (Å²) in [6, 6.07) is 0. The van der Waals surface area contributed by atoms with Crippen molar-refractivity contribution in [3.8, 4) is 0 Å². The van der Waals surface area contributed by atoms with Gasteiger partial charge in [-0.1, -0.05) is 137 Å². The van der Waals surface area contributed by atoms with Gasteiger partial charge < -0.3 is 27.9 Å². The molecule has 0 N–H and O–H groups in total. The molecule has 2 atom stereocenters. The molecule has 332 valence electrons. The minimum atomic E-state index is -4.65. The molecule has 0 aromatic heterocycles. The van der Waals surface area contributed by atoms with E-state index in [4.69, 9.17) is 18.5 Å². The number of carbonyl (C=O) groups excluding carboxylic acids is 2. The summed E-state index contributed by atoms with van der Waals surface area (Å²) in [6.45, 7) is 4.06. The van der Waals surface area contributed by atoms with Crippen molar-refractivity contribution in [1.29, 1.82) is 0 Å². The Morgan fingerprint density at radius 1 is 0.534 bits per heavy atom. The van der Waals surface area contributed by atoms with E-state index in [1.807, 2.05) is 27.2 Å². The fraction of sp³-hybridized carbons (Fsp3) is 0.667. The maximum atomic E-state index is 12.7. The number of carbonyl (C=O) groups is 2. The monoisotopic (exact) mass is 832 g/mol. The number of allylic oxidation sites excluding steroid dienone is 14. The van der Waals surface area contributed by atoms with Crippen LogP contribution < -0.4 is 4.89 Å². The Hall–Kier alpha value is -2.81. The molecule has 0 saturated heterocycles. The van der Waals surface area contributed by atoms with Crippen LogP contribution in [-0.4, -0.2) is 70.0 Å². The summed E-state index contributed by atoms with van der Waals surface area (Å²) in [5, 5.41) is 0. The minimum Gasteiger partial charge on any atom is -0.756 e. The Kier molecular flexibility index (Phi) is 37.7. The van der Waals surface area contributed by atoms with E-state index in [0.717, 1.165) is 64.2 Å². The second-order valence-electron chi connectivity index (χ2n) is 15.7. The van der Waals surface area contributed by atoms with E-state index < -0.39 is 32.5 Å². The van der Waals surface area contributed by atoms with Crippen molar-refractivity contribution in [2.75, 3.05) is 47.5 Å². The Bertz CT molecular complexity index is 1260.